The van der Waals surface area contributed by atoms with Gasteiger partial charge >= 0.3 is 6.09 Å². The maximum Gasteiger partial charge on any atom is 0.405 e. The van der Waals surface area contributed by atoms with Gasteiger partial charge in [-0.3, -0.25) is 4.79 Å². The number of nitrogens with one attached hydrogen (secondary N) is 1. The molecule has 14 heavy (non-hydrogen) atoms. The van der Waals surface area contributed by atoms with E-state index in [9.17, 15) is 9.59 Å². The first-order valence-corrected chi connectivity index (χ1v) is 4.18. The van der Waals surface area contributed by atoms with Crippen molar-refractivity contribution in [2.75, 3.05) is 0 Å². The summed E-state index contributed by atoms with van der Waals surface area (Å²) in [6.45, 7) is 1.72. The molecule has 1 amide bonds. The highest BCUT2D eigenvalue weighted by molar-refractivity contribution is 5.75. The molecule has 0 saturated heterocycles. The van der Waals surface area contributed by atoms with E-state index in [2.05, 4.69) is 5.32 Å². The maximum atomic E-state index is 10.5. The van der Waals surface area contributed by atoms with Gasteiger partial charge in [0.1, 0.15) is 6.29 Å². The Labute approximate surface area is 81.6 Å². The van der Waals surface area contributed by atoms with Gasteiger partial charge in [0.2, 0.25) is 0 Å². The molecule has 0 radical (unpaired) electrons. The number of hydrogen-bond acceptors (Lipinski definition) is 2. The van der Waals surface area contributed by atoms with Crippen molar-refractivity contribution in [2.45, 2.75) is 13.0 Å². The normalized spacial score (nSPS) is 11.8. The number of benzene rings is 1. The van der Waals surface area contributed by atoms with Gasteiger partial charge in [-0.15, -0.1) is 0 Å². The molecule has 4 heteroatoms. The van der Waals surface area contributed by atoms with Crippen LogP contribution in [0.15, 0.2) is 24.3 Å². The lowest BCUT2D eigenvalue weighted by molar-refractivity contribution is 0.112. The SMILES string of the molecule is CC(NC(=O)O)c1cccc(C=O)c1. The van der Waals surface area contributed by atoms with Crippen molar-refractivity contribution in [3.8, 4) is 0 Å². The summed E-state index contributed by atoms with van der Waals surface area (Å²) in [6.07, 6.45) is -0.342. The lowest BCUT2D eigenvalue weighted by Crippen LogP contribution is -2.24. The van der Waals surface area contributed by atoms with Gasteiger partial charge in [-0.1, -0.05) is 18.2 Å². The summed E-state index contributed by atoms with van der Waals surface area (Å²) in [5, 5.41) is 10.8. The zero-order valence-electron chi connectivity index (χ0n) is 7.73. The Morgan fingerprint density at radius 2 is 2.29 bits per heavy atom. The molecular formula is C10H11NO3. The largest absolute Gasteiger partial charge is 0.465 e. The molecule has 1 aromatic rings. The topological polar surface area (TPSA) is 66.4 Å². The molecule has 1 unspecified atom stereocenters. The standard InChI is InChI=1S/C10H11NO3/c1-7(11-10(13)14)9-4-2-3-8(5-9)6-12/h2-7,11H,1H3,(H,13,14). The van der Waals surface area contributed by atoms with Crippen molar-refractivity contribution in [1.82, 2.24) is 5.32 Å². The van der Waals surface area contributed by atoms with Crippen LogP contribution in [0.1, 0.15) is 28.9 Å². The number of carbonyl (C=O) groups excluding carboxylic acids is 1. The molecule has 4 nitrogen and oxygen atoms in total. The zero-order valence-corrected chi connectivity index (χ0v) is 7.73. The van der Waals surface area contributed by atoms with E-state index in [0.29, 0.717) is 5.56 Å². The van der Waals surface area contributed by atoms with Crippen LogP contribution in [0.4, 0.5) is 4.79 Å². The average Bonchev–Trinajstić information content (AvgIpc) is 2.17. The molecule has 0 saturated carbocycles. The molecule has 0 fully saturated rings. The molecule has 74 valence electrons. The summed E-state index contributed by atoms with van der Waals surface area (Å²) in [5.74, 6) is 0. The second-order valence-corrected chi connectivity index (χ2v) is 2.96. The van der Waals surface area contributed by atoms with Gasteiger partial charge in [-0.05, 0) is 18.6 Å². The van der Waals surface area contributed by atoms with Crippen molar-refractivity contribution in [2.24, 2.45) is 0 Å². The summed E-state index contributed by atoms with van der Waals surface area (Å²) in [7, 11) is 0. The molecular weight excluding hydrogens is 182 g/mol. The predicted molar refractivity (Wildman–Crippen MR) is 51.4 cm³/mol. The van der Waals surface area contributed by atoms with E-state index in [1.165, 1.54) is 0 Å². The Balaban J connectivity index is 2.83. The van der Waals surface area contributed by atoms with E-state index in [1.807, 2.05) is 0 Å². The molecule has 0 aliphatic rings. The first-order chi connectivity index (χ1) is 6.63. The summed E-state index contributed by atoms with van der Waals surface area (Å²) in [4.78, 5) is 20.8. The molecule has 0 heterocycles. The first-order valence-electron chi connectivity index (χ1n) is 4.18. The van der Waals surface area contributed by atoms with Gasteiger partial charge in [0.15, 0.2) is 0 Å². The predicted octanol–water partition coefficient (Wildman–Crippen LogP) is 1.83. The molecule has 1 aromatic carbocycles. The fraction of sp³-hybridized carbons (Fsp3) is 0.200. The highest BCUT2D eigenvalue weighted by Crippen LogP contribution is 2.12. The molecule has 0 aliphatic heterocycles. The average molecular weight is 193 g/mol. The van der Waals surface area contributed by atoms with E-state index >= 15 is 0 Å². The number of carboxylic acid groups (broad SMARTS) is 1. The van der Waals surface area contributed by atoms with E-state index in [1.54, 1.807) is 31.2 Å². The van der Waals surface area contributed by atoms with Crippen molar-refractivity contribution < 1.29 is 14.7 Å². The number of carbonyl (C=O) groups is 2. The van der Waals surface area contributed by atoms with Gasteiger partial charge in [-0.25, -0.2) is 4.79 Å². The number of amides is 1. The summed E-state index contributed by atoms with van der Waals surface area (Å²) < 4.78 is 0. The van der Waals surface area contributed by atoms with Crippen LogP contribution >= 0.6 is 0 Å². The first kappa shape index (κ1) is 10.2. The minimum Gasteiger partial charge on any atom is -0.465 e. The smallest absolute Gasteiger partial charge is 0.405 e. The van der Waals surface area contributed by atoms with E-state index < -0.39 is 6.09 Å². The Kier molecular flexibility index (Phi) is 3.23. The van der Waals surface area contributed by atoms with E-state index in [-0.39, 0.29) is 6.04 Å². The van der Waals surface area contributed by atoms with E-state index in [4.69, 9.17) is 5.11 Å². The van der Waals surface area contributed by atoms with Crippen LogP contribution in [-0.2, 0) is 0 Å². The molecule has 2 N–H and O–H groups in total. The lowest BCUT2D eigenvalue weighted by Gasteiger charge is -2.11. The summed E-state index contributed by atoms with van der Waals surface area (Å²) in [6, 6.07) is 6.51. The van der Waals surface area contributed by atoms with Gasteiger partial charge in [-0.2, -0.15) is 0 Å². The van der Waals surface area contributed by atoms with Crippen LogP contribution < -0.4 is 5.32 Å². The quantitative estimate of drug-likeness (QED) is 0.719. The molecule has 1 rings (SSSR count). The zero-order chi connectivity index (χ0) is 10.6. The van der Waals surface area contributed by atoms with Crippen molar-refractivity contribution in [1.29, 1.82) is 0 Å². The minimum atomic E-state index is -1.07. The second-order valence-electron chi connectivity index (χ2n) is 2.96. The Morgan fingerprint density at radius 3 is 2.86 bits per heavy atom. The van der Waals surface area contributed by atoms with Crippen molar-refractivity contribution >= 4 is 12.4 Å². The number of hydrogen-bond donors (Lipinski definition) is 2. The third-order valence-corrected chi connectivity index (χ3v) is 1.89. The Hall–Kier alpha value is -1.84. The molecule has 1 atom stereocenters. The van der Waals surface area contributed by atoms with Gasteiger partial charge < -0.3 is 10.4 Å². The Bertz CT molecular complexity index is 349. The van der Waals surface area contributed by atoms with Crippen molar-refractivity contribution in [3.63, 3.8) is 0 Å². The second kappa shape index (κ2) is 4.41. The highest BCUT2D eigenvalue weighted by atomic mass is 16.4. The third-order valence-electron chi connectivity index (χ3n) is 1.89. The summed E-state index contributed by atoms with van der Waals surface area (Å²) in [5.41, 5.74) is 1.32. The van der Waals surface area contributed by atoms with E-state index in [0.717, 1.165) is 11.8 Å². The van der Waals surface area contributed by atoms with Crippen LogP contribution in [0.2, 0.25) is 0 Å². The van der Waals surface area contributed by atoms with Crippen LogP contribution in [0, 0.1) is 0 Å². The highest BCUT2D eigenvalue weighted by Gasteiger charge is 2.07. The van der Waals surface area contributed by atoms with Crippen LogP contribution in [0.25, 0.3) is 0 Å². The molecule has 0 spiro atoms. The van der Waals surface area contributed by atoms with Gasteiger partial charge in [0, 0.05) is 5.56 Å². The van der Waals surface area contributed by atoms with Crippen LogP contribution in [-0.4, -0.2) is 17.5 Å². The Morgan fingerprint density at radius 1 is 1.57 bits per heavy atom. The number of rotatable bonds is 3. The van der Waals surface area contributed by atoms with Gasteiger partial charge in [0.25, 0.3) is 0 Å². The monoisotopic (exact) mass is 193 g/mol. The summed E-state index contributed by atoms with van der Waals surface area (Å²) >= 11 is 0. The fourth-order valence-corrected chi connectivity index (χ4v) is 1.17. The molecule has 0 aliphatic carbocycles. The number of aldehydes is 1. The van der Waals surface area contributed by atoms with Crippen LogP contribution in [0.5, 0.6) is 0 Å². The van der Waals surface area contributed by atoms with Crippen LogP contribution in [0.3, 0.4) is 0 Å². The minimum absolute atomic E-state index is 0.313. The third kappa shape index (κ3) is 2.58. The molecule has 0 bridgehead atoms. The maximum absolute atomic E-state index is 10.5. The van der Waals surface area contributed by atoms with Gasteiger partial charge in [0.05, 0.1) is 6.04 Å². The fourth-order valence-electron chi connectivity index (χ4n) is 1.17. The lowest BCUT2D eigenvalue weighted by atomic mass is 10.1. The van der Waals surface area contributed by atoms with Crippen molar-refractivity contribution in [3.05, 3.63) is 35.4 Å². The molecule has 0 aromatic heterocycles.